The summed E-state index contributed by atoms with van der Waals surface area (Å²) in [5.74, 6) is -2.45. The van der Waals surface area contributed by atoms with E-state index in [1.54, 1.807) is 12.3 Å². The van der Waals surface area contributed by atoms with E-state index in [1.807, 2.05) is 19.1 Å². The number of alkyl halides is 3. The number of rotatable bonds is 2. The van der Waals surface area contributed by atoms with Crippen LogP contribution in [-0.2, 0) is 4.79 Å². The van der Waals surface area contributed by atoms with Gasteiger partial charge >= 0.3 is 6.18 Å². The number of nitrogens with zero attached hydrogens (tertiary/aromatic N) is 4. The molecule has 1 aromatic carbocycles. The molecule has 4 rings (SSSR count). The molecule has 34 heavy (non-hydrogen) atoms. The molecule has 0 aliphatic carbocycles. The molecule has 2 fully saturated rings. The highest BCUT2D eigenvalue weighted by Crippen LogP contribution is 2.37. The highest BCUT2D eigenvalue weighted by atomic mass is 35.5. The van der Waals surface area contributed by atoms with Crippen molar-refractivity contribution in [1.29, 1.82) is 10.8 Å². The number of piperazine rings is 1. The van der Waals surface area contributed by atoms with E-state index in [2.05, 4.69) is 9.88 Å². The van der Waals surface area contributed by atoms with Crippen molar-refractivity contribution < 1.29 is 18.0 Å². The molecule has 2 atom stereocenters. The average molecular weight is 515 g/mol. The number of hydrogen-bond acceptors (Lipinski definition) is 5. The van der Waals surface area contributed by atoms with Gasteiger partial charge in [0.25, 0.3) is 0 Å². The Kier molecular flexibility index (Phi) is 6.65. The number of carbonyl (C=O) groups excluding carboxylic acids is 1. The number of piperidine rings is 1. The summed E-state index contributed by atoms with van der Waals surface area (Å²) in [6, 6.07) is 5.50. The van der Waals surface area contributed by atoms with Crippen LogP contribution in [0.25, 0.3) is 10.9 Å². The number of amides is 1. The summed E-state index contributed by atoms with van der Waals surface area (Å²) >= 11 is 12.4. The number of nitrogens with one attached hydrogen (secondary N) is 2. The van der Waals surface area contributed by atoms with E-state index in [4.69, 9.17) is 34.0 Å². The Morgan fingerprint density at radius 2 is 1.91 bits per heavy atom. The van der Waals surface area contributed by atoms with E-state index in [1.165, 1.54) is 4.90 Å². The zero-order chi connectivity index (χ0) is 24.8. The second-order valence-corrected chi connectivity index (χ2v) is 9.40. The standard InChI is InChI=1S/C22H23Cl2F3N6O/c1-12-10-31(16-4-6-30-19-14(16)2-3-15(23)18(19)24)7-5-13(12)20(34)32-8-9-33(17(28)11-32)21(29)22(25,26)27/h2-4,6,12-13,28-29H,5,7-11H2,1H3. The minimum Gasteiger partial charge on any atom is -0.371 e. The van der Waals surface area contributed by atoms with E-state index < -0.39 is 17.8 Å². The molecule has 2 unspecified atom stereocenters. The number of benzene rings is 1. The number of pyridine rings is 1. The van der Waals surface area contributed by atoms with E-state index >= 15 is 0 Å². The lowest BCUT2D eigenvalue weighted by molar-refractivity contribution is -0.137. The van der Waals surface area contributed by atoms with Crippen molar-refractivity contribution in [1.82, 2.24) is 14.8 Å². The van der Waals surface area contributed by atoms with Crippen LogP contribution in [0.3, 0.4) is 0 Å². The van der Waals surface area contributed by atoms with Crippen molar-refractivity contribution >= 4 is 57.4 Å². The third kappa shape index (κ3) is 4.53. The minimum absolute atomic E-state index is 0.0204. The van der Waals surface area contributed by atoms with Crippen molar-refractivity contribution in [2.24, 2.45) is 11.8 Å². The Labute approximate surface area is 204 Å². The Balaban J connectivity index is 1.44. The third-order valence-electron chi connectivity index (χ3n) is 6.45. The van der Waals surface area contributed by atoms with Gasteiger partial charge in [0.15, 0.2) is 0 Å². The molecule has 1 aromatic heterocycles. The number of fused-ring (bicyclic) bond motifs is 1. The van der Waals surface area contributed by atoms with Crippen LogP contribution in [-0.4, -0.2) is 71.3 Å². The molecule has 0 saturated carbocycles. The third-order valence-corrected chi connectivity index (χ3v) is 7.25. The molecule has 2 aliphatic rings. The fourth-order valence-electron chi connectivity index (χ4n) is 4.68. The maximum Gasteiger partial charge on any atom is 0.449 e. The van der Waals surface area contributed by atoms with E-state index in [-0.39, 0.29) is 37.4 Å². The molecule has 2 saturated heterocycles. The number of amidine groups is 2. The quantitative estimate of drug-likeness (QED) is 0.450. The predicted molar refractivity (Wildman–Crippen MR) is 126 cm³/mol. The van der Waals surface area contributed by atoms with Crippen LogP contribution in [0.2, 0.25) is 10.0 Å². The molecule has 3 heterocycles. The lowest BCUT2D eigenvalue weighted by Gasteiger charge is -2.42. The van der Waals surface area contributed by atoms with Gasteiger partial charge in [-0.3, -0.25) is 20.6 Å². The maximum atomic E-state index is 13.2. The molecule has 0 spiro atoms. The van der Waals surface area contributed by atoms with Crippen LogP contribution in [0.4, 0.5) is 18.9 Å². The summed E-state index contributed by atoms with van der Waals surface area (Å²) in [5.41, 5.74) is 1.56. The summed E-state index contributed by atoms with van der Waals surface area (Å²) in [6.45, 7) is 2.77. The lowest BCUT2D eigenvalue weighted by Crippen LogP contribution is -2.58. The van der Waals surface area contributed by atoms with Gasteiger partial charge in [0, 0.05) is 49.4 Å². The number of halogens is 5. The molecule has 0 bridgehead atoms. The Bertz CT molecular complexity index is 1160. The van der Waals surface area contributed by atoms with Gasteiger partial charge in [0.2, 0.25) is 11.7 Å². The summed E-state index contributed by atoms with van der Waals surface area (Å²) < 4.78 is 38.6. The molecule has 0 radical (unpaired) electrons. The Hall–Kier alpha value is -2.59. The molecule has 2 N–H and O–H groups in total. The molecule has 2 aromatic rings. The molecule has 12 heteroatoms. The second kappa shape index (κ2) is 9.22. The van der Waals surface area contributed by atoms with Crippen LogP contribution in [0, 0.1) is 22.7 Å². The van der Waals surface area contributed by atoms with Crippen molar-refractivity contribution in [3.05, 3.63) is 34.4 Å². The Morgan fingerprint density at radius 3 is 2.56 bits per heavy atom. The minimum atomic E-state index is -4.83. The zero-order valence-corrected chi connectivity index (χ0v) is 19.8. The van der Waals surface area contributed by atoms with Gasteiger partial charge in [-0.05, 0) is 30.5 Å². The highest BCUT2D eigenvalue weighted by molar-refractivity contribution is 6.45. The van der Waals surface area contributed by atoms with Crippen molar-refractivity contribution in [3.63, 3.8) is 0 Å². The first-order chi connectivity index (χ1) is 16.0. The van der Waals surface area contributed by atoms with Crippen molar-refractivity contribution in [3.8, 4) is 0 Å². The van der Waals surface area contributed by atoms with Gasteiger partial charge in [-0.15, -0.1) is 0 Å². The first-order valence-corrected chi connectivity index (χ1v) is 11.5. The lowest BCUT2D eigenvalue weighted by atomic mass is 9.85. The second-order valence-electron chi connectivity index (χ2n) is 8.61. The largest absolute Gasteiger partial charge is 0.449 e. The summed E-state index contributed by atoms with van der Waals surface area (Å²) in [5, 5.41) is 16.9. The molecular weight excluding hydrogens is 492 g/mol. The SMILES string of the molecule is CC1CN(c2ccnc3c(Cl)c(Cl)ccc23)CCC1C(=O)N1CCN(C(=N)C(F)(F)F)C(=N)C1. The van der Waals surface area contributed by atoms with Crippen LogP contribution in [0.1, 0.15) is 13.3 Å². The normalized spacial score (nSPS) is 21.8. The van der Waals surface area contributed by atoms with E-state index in [0.29, 0.717) is 40.0 Å². The number of hydrogen-bond donors (Lipinski definition) is 2. The fourth-order valence-corrected chi connectivity index (χ4v) is 5.04. The van der Waals surface area contributed by atoms with Gasteiger partial charge in [-0.1, -0.05) is 30.1 Å². The number of anilines is 1. The smallest absolute Gasteiger partial charge is 0.371 e. The number of aromatic nitrogens is 1. The van der Waals surface area contributed by atoms with Crippen LogP contribution in [0.15, 0.2) is 24.4 Å². The van der Waals surface area contributed by atoms with Crippen molar-refractivity contribution in [2.45, 2.75) is 19.5 Å². The van der Waals surface area contributed by atoms with E-state index in [0.717, 1.165) is 11.1 Å². The van der Waals surface area contributed by atoms with Gasteiger partial charge in [0.05, 0.1) is 22.1 Å². The monoisotopic (exact) mass is 514 g/mol. The fraction of sp³-hybridized carbons (Fsp3) is 0.455. The van der Waals surface area contributed by atoms with Gasteiger partial charge in [-0.2, -0.15) is 13.2 Å². The summed E-state index contributed by atoms with van der Waals surface area (Å²) in [4.78, 5) is 21.8. The molecule has 182 valence electrons. The zero-order valence-electron chi connectivity index (χ0n) is 18.3. The van der Waals surface area contributed by atoms with Crippen LogP contribution < -0.4 is 4.90 Å². The van der Waals surface area contributed by atoms with E-state index in [9.17, 15) is 18.0 Å². The first kappa shape index (κ1) is 24.5. The molecule has 2 aliphatic heterocycles. The average Bonchev–Trinajstić information content (AvgIpc) is 2.79. The van der Waals surface area contributed by atoms with Gasteiger partial charge < -0.3 is 14.7 Å². The molecular formula is C22H23Cl2F3N6O. The molecule has 1 amide bonds. The van der Waals surface area contributed by atoms with Gasteiger partial charge in [0.1, 0.15) is 5.84 Å². The highest BCUT2D eigenvalue weighted by Gasteiger charge is 2.43. The molecule has 7 nitrogen and oxygen atoms in total. The van der Waals surface area contributed by atoms with Crippen LogP contribution >= 0.6 is 23.2 Å². The maximum absolute atomic E-state index is 13.2. The van der Waals surface area contributed by atoms with Crippen molar-refractivity contribution in [2.75, 3.05) is 37.6 Å². The Morgan fingerprint density at radius 1 is 1.18 bits per heavy atom. The predicted octanol–water partition coefficient (Wildman–Crippen LogP) is 4.67. The van der Waals surface area contributed by atoms with Crippen LogP contribution in [0.5, 0.6) is 0 Å². The summed E-state index contributed by atoms with van der Waals surface area (Å²) in [7, 11) is 0. The summed E-state index contributed by atoms with van der Waals surface area (Å²) in [6.07, 6.45) is -2.59. The number of carbonyl (C=O) groups is 1. The first-order valence-electron chi connectivity index (χ1n) is 10.8. The van der Waals surface area contributed by atoms with Gasteiger partial charge in [-0.25, -0.2) is 0 Å². The topological polar surface area (TPSA) is 87.4 Å².